The van der Waals surface area contributed by atoms with Crippen LogP contribution < -0.4 is 5.32 Å². The number of nitrogens with zero attached hydrogens (tertiary/aromatic N) is 1. The van der Waals surface area contributed by atoms with Gasteiger partial charge in [-0.05, 0) is 43.4 Å². The van der Waals surface area contributed by atoms with Crippen molar-refractivity contribution in [3.63, 3.8) is 0 Å². The van der Waals surface area contributed by atoms with Crippen LogP contribution in [-0.2, 0) is 11.3 Å². The van der Waals surface area contributed by atoms with Gasteiger partial charge in [0.25, 0.3) is 0 Å². The predicted molar refractivity (Wildman–Crippen MR) is 100 cm³/mol. The lowest BCUT2D eigenvalue weighted by Gasteiger charge is -2.35. The molecule has 2 unspecified atom stereocenters. The Morgan fingerprint density at radius 3 is 2.56 bits per heavy atom. The topological polar surface area (TPSA) is 41.6 Å². The third-order valence-electron chi connectivity index (χ3n) is 4.80. The molecule has 1 saturated heterocycles. The summed E-state index contributed by atoms with van der Waals surface area (Å²) < 4.78 is 5.48. The lowest BCUT2D eigenvalue weighted by molar-refractivity contribution is 0.0773. The number of hydrogen-bond donors (Lipinski definition) is 1. The Labute approximate surface area is 149 Å². The van der Waals surface area contributed by atoms with Gasteiger partial charge in [0.2, 0.25) is 0 Å². The van der Waals surface area contributed by atoms with Gasteiger partial charge in [0.05, 0.1) is 0 Å². The molecule has 1 N–H and O–H groups in total. The highest BCUT2D eigenvalue weighted by Gasteiger charge is 2.28. The first-order valence-corrected chi connectivity index (χ1v) is 8.99. The molecule has 1 aliphatic rings. The highest BCUT2D eigenvalue weighted by Crippen LogP contribution is 2.23. The first kappa shape index (κ1) is 17.3. The molecule has 0 saturated carbocycles. The van der Waals surface area contributed by atoms with Crippen LogP contribution in [0.3, 0.4) is 0 Å². The Morgan fingerprint density at radius 1 is 1.16 bits per heavy atom. The molecule has 25 heavy (non-hydrogen) atoms. The fraction of sp³-hybridized carbons (Fsp3) is 0.381. The van der Waals surface area contributed by atoms with Crippen LogP contribution in [0.5, 0.6) is 0 Å². The summed E-state index contributed by atoms with van der Waals surface area (Å²) in [5.41, 5.74) is 2.14. The zero-order valence-corrected chi connectivity index (χ0v) is 14.7. The molecule has 1 heterocycles. The van der Waals surface area contributed by atoms with Crippen molar-refractivity contribution < 1.29 is 9.53 Å². The lowest BCUT2D eigenvalue weighted by Crippen LogP contribution is -2.44. The summed E-state index contributed by atoms with van der Waals surface area (Å²) in [5, 5.41) is 3.55. The maximum atomic E-state index is 12.4. The van der Waals surface area contributed by atoms with E-state index in [1.165, 1.54) is 0 Å². The van der Waals surface area contributed by atoms with Crippen molar-refractivity contribution in [3.05, 3.63) is 66.2 Å². The predicted octanol–water partition coefficient (Wildman–Crippen LogP) is 4.54. The number of hydrogen-bond acceptors (Lipinski definition) is 3. The molecule has 0 aromatic heterocycles. The van der Waals surface area contributed by atoms with E-state index < -0.39 is 0 Å². The standard InChI is InChI=1S/C21H26N2O2/c1-17(22-20-12-6-3-7-13-20)19-11-8-14-23(15-19)21(24)25-16-18-9-4-2-5-10-18/h2-7,9-10,12-13,17,19,22H,8,11,14-16H2,1H3. The smallest absolute Gasteiger partial charge is 0.410 e. The van der Waals surface area contributed by atoms with Crippen LogP contribution in [0.4, 0.5) is 10.5 Å². The van der Waals surface area contributed by atoms with E-state index in [9.17, 15) is 4.79 Å². The molecule has 2 aromatic rings. The largest absolute Gasteiger partial charge is 0.445 e. The molecular weight excluding hydrogens is 312 g/mol. The fourth-order valence-corrected chi connectivity index (χ4v) is 3.31. The van der Waals surface area contributed by atoms with E-state index in [2.05, 4.69) is 24.4 Å². The monoisotopic (exact) mass is 338 g/mol. The molecule has 0 aliphatic carbocycles. The van der Waals surface area contributed by atoms with Crippen molar-refractivity contribution in [1.29, 1.82) is 0 Å². The van der Waals surface area contributed by atoms with Gasteiger partial charge in [-0.25, -0.2) is 4.79 Å². The van der Waals surface area contributed by atoms with Crippen LogP contribution in [0.2, 0.25) is 0 Å². The van der Waals surface area contributed by atoms with Crippen molar-refractivity contribution in [1.82, 2.24) is 4.90 Å². The Hall–Kier alpha value is -2.49. The molecule has 132 valence electrons. The Balaban J connectivity index is 1.50. The van der Waals surface area contributed by atoms with Crippen LogP contribution in [0.15, 0.2) is 60.7 Å². The third-order valence-corrected chi connectivity index (χ3v) is 4.80. The van der Waals surface area contributed by atoms with E-state index in [1.54, 1.807) is 0 Å². The maximum Gasteiger partial charge on any atom is 0.410 e. The molecule has 3 rings (SSSR count). The van der Waals surface area contributed by atoms with Crippen molar-refractivity contribution >= 4 is 11.8 Å². The summed E-state index contributed by atoms with van der Waals surface area (Å²) in [6.07, 6.45) is 1.94. The highest BCUT2D eigenvalue weighted by molar-refractivity contribution is 5.67. The molecule has 1 amide bonds. The van der Waals surface area contributed by atoms with Gasteiger partial charge in [0, 0.05) is 24.8 Å². The highest BCUT2D eigenvalue weighted by atomic mass is 16.6. The van der Waals surface area contributed by atoms with Crippen LogP contribution in [0, 0.1) is 5.92 Å². The van der Waals surface area contributed by atoms with Gasteiger partial charge in [-0.2, -0.15) is 0 Å². The van der Waals surface area contributed by atoms with Gasteiger partial charge in [-0.3, -0.25) is 0 Å². The number of rotatable bonds is 5. The fourth-order valence-electron chi connectivity index (χ4n) is 3.31. The second-order valence-electron chi connectivity index (χ2n) is 6.69. The van der Waals surface area contributed by atoms with Gasteiger partial charge in [0.15, 0.2) is 0 Å². The SMILES string of the molecule is CC(Nc1ccccc1)C1CCCN(C(=O)OCc2ccccc2)C1. The van der Waals surface area contributed by atoms with Crippen molar-refractivity contribution in [2.24, 2.45) is 5.92 Å². The Bertz CT molecular complexity index is 660. The minimum atomic E-state index is -0.208. The van der Waals surface area contributed by atoms with E-state index in [1.807, 2.05) is 53.4 Å². The van der Waals surface area contributed by atoms with Crippen molar-refractivity contribution in [3.8, 4) is 0 Å². The summed E-state index contributed by atoms with van der Waals surface area (Å²) in [6.45, 7) is 4.05. The van der Waals surface area contributed by atoms with Gasteiger partial charge in [0.1, 0.15) is 6.61 Å². The number of piperidine rings is 1. The quantitative estimate of drug-likeness (QED) is 0.870. The normalized spacial score (nSPS) is 18.4. The van der Waals surface area contributed by atoms with Crippen LogP contribution >= 0.6 is 0 Å². The first-order chi connectivity index (χ1) is 12.2. The van der Waals surface area contributed by atoms with Crippen molar-refractivity contribution in [2.45, 2.75) is 32.4 Å². The Kier molecular flexibility index (Phi) is 5.94. The molecule has 2 atom stereocenters. The number of carbonyl (C=O) groups excluding carboxylic acids is 1. The minimum absolute atomic E-state index is 0.208. The van der Waals surface area contributed by atoms with E-state index in [-0.39, 0.29) is 6.09 Å². The molecule has 1 fully saturated rings. The summed E-state index contributed by atoms with van der Waals surface area (Å²) in [6, 6.07) is 20.3. The summed E-state index contributed by atoms with van der Waals surface area (Å²) in [7, 11) is 0. The molecular formula is C21H26N2O2. The number of carbonyl (C=O) groups is 1. The van der Waals surface area contributed by atoms with Gasteiger partial charge >= 0.3 is 6.09 Å². The maximum absolute atomic E-state index is 12.4. The molecule has 4 heteroatoms. The minimum Gasteiger partial charge on any atom is -0.445 e. The van der Waals surface area contributed by atoms with Crippen molar-refractivity contribution in [2.75, 3.05) is 18.4 Å². The molecule has 1 aliphatic heterocycles. The van der Waals surface area contributed by atoms with E-state index in [4.69, 9.17) is 4.74 Å². The first-order valence-electron chi connectivity index (χ1n) is 8.99. The van der Waals surface area contributed by atoms with E-state index in [0.717, 1.165) is 37.2 Å². The summed E-state index contributed by atoms with van der Waals surface area (Å²) in [4.78, 5) is 14.2. The summed E-state index contributed by atoms with van der Waals surface area (Å²) >= 11 is 0. The average Bonchev–Trinajstić information content (AvgIpc) is 2.68. The number of likely N-dealkylation sites (tertiary alicyclic amines) is 1. The number of nitrogens with one attached hydrogen (secondary N) is 1. The van der Waals surface area contributed by atoms with E-state index in [0.29, 0.717) is 18.6 Å². The number of para-hydroxylation sites is 1. The summed E-state index contributed by atoms with van der Waals surface area (Å²) in [5.74, 6) is 0.429. The van der Waals surface area contributed by atoms with E-state index >= 15 is 0 Å². The van der Waals surface area contributed by atoms with Gasteiger partial charge in [-0.1, -0.05) is 48.5 Å². The Morgan fingerprint density at radius 2 is 1.84 bits per heavy atom. The number of amides is 1. The van der Waals surface area contributed by atoms with Gasteiger partial charge in [-0.15, -0.1) is 0 Å². The van der Waals surface area contributed by atoms with Crippen LogP contribution in [-0.4, -0.2) is 30.1 Å². The van der Waals surface area contributed by atoms with Crippen LogP contribution in [0.1, 0.15) is 25.3 Å². The molecule has 2 aromatic carbocycles. The number of benzene rings is 2. The third kappa shape index (κ3) is 4.99. The molecule has 0 spiro atoms. The zero-order chi connectivity index (χ0) is 17.5. The van der Waals surface area contributed by atoms with Gasteiger partial charge < -0.3 is 15.0 Å². The van der Waals surface area contributed by atoms with Crippen LogP contribution in [0.25, 0.3) is 0 Å². The number of ether oxygens (including phenoxy) is 1. The lowest BCUT2D eigenvalue weighted by atomic mass is 9.91. The molecule has 4 nitrogen and oxygen atoms in total. The second kappa shape index (κ2) is 8.56. The zero-order valence-electron chi connectivity index (χ0n) is 14.7. The average molecular weight is 338 g/mol. The molecule has 0 radical (unpaired) electrons. The number of anilines is 1. The molecule has 0 bridgehead atoms. The second-order valence-corrected chi connectivity index (χ2v) is 6.69.